The van der Waals surface area contributed by atoms with Crippen molar-refractivity contribution >= 4 is 27.8 Å². The Morgan fingerprint density at radius 1 is 1.50 bits per heavy atom. The van der Waals surface area contributed by atoms with Crippen molar-refractivity contribution in [2.75, 3.05) is 11.9 Å². The molecule has 1 aliphatic rings. The lowest BCUT2D eigenvalue weighted by Crippen LogP contribution is -2.59. The van der Waals surface area contributed by atoms with Crippen molar-refractivity contribution in [1.29, 1.82) is 0 Å². The minimum Gasteiger partial charge on any atom is -0.450 e. The maximum Gasteiger partial charge on any atom is 0.407 e. The Labute approximate surface area is 91.5 Å². The number of Topliss-reactive ketones (excluding diaryl/α,β-unsaturated/α-hetero) is 1. The van der Waals surface area contributed by atoms with Crippen LogP contribution in [-0.2, 0) is 9.53 Å². The van der Waals surface area contributed by atoms with Gasteiger partial charge in [0.05, 0.1) is 11.9 Å². The molecule has 0 unspecified atom stereocenters. The van der Waals surface area contributed by atoms with Crippen LogP contribution in [0, 0.1) is 0 Å². The summed E-state index contributed by atoms with van der Waals surface area (Å²) in [5.74, 6) is 0.0248. The van der Waals surface area contributed by atoms with Gasteiger partial charge in [0.15, 0.2) is 5.78 Å². The lowest BCUT2D eigenvalue weighted by atomic mass is 9.74. The molecule has 0 radical (unpaired) electrons. The number of hydrogen-bond donors (Lipinski definition) is 1. The highest BCUT2D eigenvalue weighted by molar-refractivity contribution is 9.09. The van der Waals surface area contributed by atoms with E-state index in [1.165, 1.54) is 0 Å². The van der Waals surface area contributed by atoms with Gasteiger partial charge >= 0.3 is 6.09 Å². The zero-order valence-electron chi connectivity index (χ0n) is 8.14. The molecule has 1 saturated carbocycles. The number of alkyl halides is 1. The van der Waals surface area contributed by atoms with E-state index in [1.807, 2.05) is 0 Å². The van der Waals surface area contributed by atoms with Gasteiger partial charge in [0.25, 0.3) is 0 Å². The highest BCUT2D eigenvalue weighted by atomic mass is 79.9. The van der Waals surface area contributed by atoms with Crippen molar-refractivity contribution in [3.05, 3.63) is 0 Å². The Morgan fingerprint density at radius 2 is 2.14 bits per heavy atom. The minimum atomic E-state index is -0.657. The second-order valence-electron chi connectivity index (χ2n) is 3.34. The zero-order chi connectivity index (χ0) is 10.6. The van der Waals surface area contributed by atoms with Gasteiger partial charge in [-0.05, 0) is 26.2 Å². The van der Waals surface area contributed by atoms with E-state index in [2.05, 4.69) is 21.2 Å². The number of halogens is 1. The molecule has 1 amide bonds. The molecule has 0 atom stereocenters. The minimum absolute atomic E-state index is 0.0248. The normalized spacial score (nSPS) is 18.1. The Morgan fingerprint density at radius 3 is 2.50 bits per heavy atom. The Kier molecular flexibility index (Phi) is 3.92. The second-order valence-corrected chi connectivity index (χ2v) is 3.90. The topological polar surface area (TPSA) is 55.4 Å². The van der Waals surface area contributed by atoms with Gasteiger partial charge in [-0.1, -0.05) is 15.9 Å². The van der Waals surface area contributed by atoms with Crippen LogP contribution in [0.2, 0.25) is 0 Å². The number of ketones is 1. The average molecular weight is 264 g/mol. The average Bonchev–Trinajstić information content (AvgIpc) is 2.10. The van der Waals surface area contributed by atoms with E-state index in [0.29, 0.717) is 6.61 Å². The SMILES string of the molecule is CCOC(=O)NC1(C(=O)CBr)CCC1. The van der Waals surface area contributed by atoms with Gasteiger partial charge in [0.1, 0.15) is 5.54 Å². The van der Waals surface area contributed by atoms with Crippen LogP contribution in [0.3, 0.4) is 0 Å². The Hall–Kier alpha value is -0.580. The molecule has 0 aromatic heterocycles. The van der Waals surface area contributed by atoms with Crippen molar-refractivity contribution in [3.63, 3.8) is 0 Å². The quantitative estimate of drug-likeness (QED) is 0.785. The van der Waals surface area contributed by atoms with E-state index in [9.17, 15) is 9.59 Å². The molecule has 14 heavy (non-hydrogen) atoms. The van der Waals surface area contributed by atoms with Crippen LogP contribution in [0.1, 0.15) is 26.2 Å². The summed E-state index contributed by atoms with van der Waals surface area (Å²) in [4.78, 5) is 22.7. The molecule has 0 saturated heterocycles. The number of carbonyl (C=O) groups is 2. The molecular weight excluding hydrogens is 250 g/mol. The number of rotatable bonds is 4. The summed E-state index contributed by atoms with van der Waals surface area (Å²) in [6.45, 7) is 2.06. The number of hydrogen-bond acceptors (Lipinski definition) is 3. The van der Waals surface area contributed by atoms with Crippen LogP contribution in [0.25, 0.3) is 0 Å². The summed E-state index contributed by atoms with van der Waals surface area (Å²) in [6.07, 6.45) is 1.92. The van der Waals surface area contributed by atoms with Crippen LogP contribution in [-0.4, -0.2) is 29.4 Å². The van der Waals surface area contributed by atoms with E-state index < -0.39 is 11.6 Å². The van der Waals surface area contributed by atoms with Crippen LogP contribution in [0.4, 0.5) is 4.79 Å². The summed E-state index contributed by atoms with van der Waals surface area (Å²) >= 11 is 3.11. The van der Waals surface area contributed by atoms with E-state index in [1.54, 1.807) is 6.92 Å². The highest BCUT2D eigenvalue weighted by Crippen LogP contribution is 2.33. The van der Waals surface area contributed by atoms with Crippen LogP contribution < -0.4 is 5.32 Å². The number of nitrogens with one attached hydrogen (secondary N) is 1. The molecule has 4 nitrogen and oxygen atoms in total. The fraction of sp³-hybridized carbons (Fsp3) is 0.778. The fourth-order valence-electron chi connectivity index (χ4n) is 1.49. The maximum atomic E-state index is 11.5. The standard InChI is InChI=1S/C9H14BrNO3/c1-2-14-8(13)11-9(4-3-5-9)7(12)6-10/h2-6H2,1H3,(H,11,13). The number of alkyl carbamates (subject to hydrolysis) is 1. The molecule has 0 spiro atoms. The van der Waals surface area contributed by atoms with Gasteiger partial charge in [-0.15, -0.1) is 0 Å². The van der Waals surface area contributed by atoms with Gasteiger partial charge < -0.3 is 10.1 Å². The number of carbonyl (C=O) groups excluding carboxylic acids is 2. The monoisotopic (exact) mass is 263 g/mol. The first-order valence-electron chi connectivity index (χ1n) is 4.69. The van der Waals surface area contributed by atoms with E-state index >= 15 is 0 Å². The van der Waals surface area contributed by atoms with Gasteiger partial charge in [0.2, 0.25) is 0 Å². The van der Waals surface area contributed by atoms with Gasteiger partial charge in [-0.3, -0.25) is 4.79 Å². The number of ether oxygens (including phenoxy) is 1. The largest absolute Gasteiger partial charge is 0.450 e. The van der Waals surface area contributed by atoms with Crippen LogP contribution in [0.5, 0.6) is 0 Å². The Bertz CT molecular complexity index is 238. The smallest absolute Gasteiger partial charge is 0.407 e. The second kappa shape index (κ2) is 4.77. The molecule has 1 aliphatic carbocycles. The number of amides is 1. The van der Waals surface area contributed by atoms with Gasteiger partial charge in [-0.25, -0.2) is 4.79 Å². The lowest BCUT2D eigenvalue weighted by molar-refractivity contribution is -0.125. The molecule has 5 heteroatoms. The predicted octanol–water partition coefficient (Wildman–Crippen LogP) is 1.62. The van der Waals surface area contributed by atoms with Crippen molar-refractivity contribution in [2.24, 2.45) is 0 Å². The van der Waals surface area contributed by atoms with Crippen LogP contribution >= 0.6 is 15.9 Å². The predicted molar refractivity (Wildman–Crippen MR) is 55.5 cm³/mol. The summed E-state index contributed by atoms with van der Waals surface area (Å²) in [6, 6.07) is 0. The zero-order valence-corrected chi connectivity index (χ0v) is 9.72. The Balaban J connectivity index is 2.53. The third kappa shape index (κ3) is 2.26. The summed E-state index contributed by atoms with van der Waals surface area (Å²) in [5, 5.41) is 2.92. The first kappa shape index (κ1) is 11.5. The summed E-state index contributed by atoms with van der Waals surface area (Å²) < 4.78 is 4.75. The molecule has 1 fully saturated rings. The summed E-state index contributed by atoms with van der Waals surface area (Å²) in [5.41, 5.74) is -0.657. The highest BCUT2D eigenvalue weighted by Gasteiger charge is 2.44. The molecular formula is C9H14BrNO3. The molecule has 1 rings (SSSR count). The molecule has 1 N–H and O–H groups in total. The van der Waals surface area contributed by atoms with Crippen molar-refractivity contribution < 1.29 is 14.3 Å². The third-order valence-electron chi connectivity index (χ3n) is 2.48. The van der Waals surface area contributed by atoms with E-state index in [0.717, 1.165) is 19.3 Å². The maximum absolute atomic E-state index is 11.5. The molecule has 0 aliphatic heterocycles. The van der Waals surface area contributed by atoms with Crippen molar-refractivity contribution in [2.45, 2.75) is 31.7 Å². The molecule has 0 bridgehead atoms. The molecule has 0 heterocycles. The lowest BCUT2D eigenvalue weighted by Gasteiger charge is -2.40. The van der Waals surface area contributed by atoms with Gasteiger partial charge in [-0.2, -0.15) is 0 Å². The van der Waals surface area contributed by atoms with Crippen molar-refractivity contribution in [3.8, 4) is 0 Å². The van der Waals surface area contributed by atoms with Crippen LogP contribution in [0.15, 0.2) is 0 Å². The third-order valence-corrected chi connectivity index (χ3v) is 2.99. The fourth-order valence-corrected chi connectivity index (χ4v) is 2.03. The van der Waals surface area contributed by atoms with E-state index in [4.69, 9.17) is 4.74 Å². The summed E-state index contributed by atoms with van der Waals surface area (Å²) in [7, 11) is 0. The first-order chi connectivity index (χ1) is 6.64. The molecule has 80 valence electrons. The van der Waals surface area contributed by atoms with Crippen molar-refractivity contribution in [1.82, 2.24) is 5.32 Å². The first-order valence-corrected chi connectivity index (χ1v) is 5.81. The molecule has 0 aromatic rings. The molecule has 0 aromatic carbocycles. The van der Waals surface area contributed by atoms with E-state index in [-0.39, 0.29) is 11.1 Å². The van der Waals surface area contributed by atoms with Gasteiger partial charge in [0, 0.05) is 0 Å².